The third-order valence-electron chi connectivity index (χ3n) is 5.45. The van der Waals surface area contributed by atoms with E-state index in [9.17, 15) is 22.8 Å². The number of aromatic nitrogens is 2. The second kappa shape index (κ2) is 8.02. The van der Waals surface area contributed by atoms with Gasteiger partial charge in [-0.15, -0.1) is 0 Å². The maximum Gasteiger partial charge on any atom is 0.416 e. The van der Waals surface area contributed by atoms with Crippen LogP contribution < -0.4 is 5.56 Å². The summed E-state index contributed by atoms with van der Waals surface area (Å²) < 4.78 is 38.2. The van der Waals surface area contributed by atoms with Crippen LogP contribution in [0, 0.1) is 0 Å². The summed E-state index contributed by atoms with van der Waals surface area (Å²) in [6, 6.07) is 11.9. The smallest absolute Gasteiger partial charge is 0.334 e. The van der Waals surface area contributed by atoms with Crippen LogP contribution in [0.1, 0.15) is 39.7 Å². The Morgan fingerprint density at radius 1 is 1.10 bits per heavy atom. The summed E-state index contributed by atoms with van der Waals surface area (Å²) in [4.78, 5) is 34.3. The molecule has 1 aliphatic heterocycles. The number of aromatic amines is 1. The topological polar surface area (TPSA) is 66.1 Å². The number of carbonyl (C=O) groups is 1. The second-order valence-corrected chi connectivity index (χ2v) is 7.44. The molecule has 31 heavy (non-hydrogen) atoms. The number of halogens is 3. The van der Waals surface area contributed by atoms with Gasteiger partial charge in [0.15, 0.2) is 0 Å². The molecule has 4 rings (SSSR count). The molecule has 1 N–H and O–H groups in total. The Morgan fingerprint density at radius 3 is 2.39 bits per heavy atom. The summed E-state index contributed by atoms with van der Waals surface area (Å²) in [5.41, 5.74) is 2.04. The Labute approximate surface area is 176 Å². The maximum atomic E-state index is 12.7. The molecule has 0 unspecified atom stereocenters. The van der Waals surface area contributed by atoms with Crippen LogP contribution in [0.3, 0.4) is 0 Å². The van der Waals surface area contributed by atoms with Crippen molar-refractivity contribution in [1.82, 2.24) is 14.9 Å². The van der Waals surface area contributed by atoms with E-state index >= 15 is 0 Å². The monoisotopic (exact) mass is 427 g/mol. The van der Waals surface area contributed by atoms with Crippen LogP contribution in [0.5, 0.6) is 0 Å². The number of rotatable bonds is 3. The molecule has 0 fully saturated rings. The van der Waals surface area contributed by atoms with Crippen LogP contribution in [-0.4, -0.2) is 27.3 Å². The van der Waals surface area contributed by atoms with Crippen molar-refractivity contribution in [2.24, 2.45) is 0 Å². The third kappa shape index (κ3) is 4.23. The van der Waals surface area contributed by atoms with Crippen molar-refractivity contribution < 1.29 is 18.0 Å². The Kier molecular flexibility index (Phi) is 5.39. The summed E-state index contributed by atoms with van der Waals surface area (Å²) in [5, 5.41) is 0. The number of hydrogen-bond donors (Lipinski definition) is 1. The van der Waals surface area contributed by atoms with Gasteiger partial charge in [-0.05, 0) is 36.2 Å². The van der Waals surface area contributed by atoms with Gasteiger partial charge in [-0.3, -0.25) is 9.59 Å². The van der Waals surface area contributed by atoms with Gasteiger partial charge in [-0.25, -0.2) is 4.98 Å². The van der Waals surface area contributed by atoms with E-state index in [0.29, 0.717) is 30.0 Å². The number of hydrogen-bond acceptors (Lipinski definition) is 3. The lowest BCUT2D eigenvalue weighted by atomic mass is 10.0. The highest BCUT2D eigenvalue weighted by molar-refractivity contribution is 5.94. The van der Waals surface area contributed by atoms with E-state index < -0.39 is 17.6 Å². The molecule has 1 aliphatic rings. The summed E-state index contributed by atoms with van der Waals surface area (Å²) >= 11 is 0. The highest BCUT2D eigenvalue weighted by atomic mass is 19.4. The summed E-state index contributed by atoms with van der Waals surface area (Å²) in [6.45, 7) is 2.45. The summed E-state index contributed by atoms with van der Waals surface area (Å²) in [7, 11) is 0. The first kappa shape index (κ1) is 20.8. The molecule has 0 spiro atoms. The summed E-state index contributed by atoms with van der Waals surface area (Å²) in [6.07, 6.45) is -3.15. The molecule has 1 amide bonds. The minimum Gasteiger partial charge on any atom is -0.334 e. The lowest BCUT2D eigenvalue weighted by Gasteiger charge is -2.28. The van der Waals surface area contributed by atoms with Gasteiger partial charge in [0.05, 0.1) is 23.4 Å². The van der Waals surface area contributed by atoms with Crippen LogP contribution in [0.25, 0.3) is 11.4 Å². The number of nitrogens with zero attached hydrogens (tertiary/aromatic N) is 2. The van der Waals surface area contributed by atoms with Gasteiger partial charge in [0.2, 0.25) is 0 Å². The molecule has 160 valence electrons. The molecule has 2 heterocycles. The van der Waals surface area contributed by atoms with E-state index in [0.717, 1.165) is 36.2 Å². The van der Waals surface area contributed by atoms with Gasteiger partial charge in [-0.1, -0.05) is 31.2 Å². The Bertz CT molecular complexity index is 1170. The maximum absolute atomic E-state index is 12.7. The first-order chi connectivity index (χ1) is 14.8. The zero-order valence-corrected chi connectivity index (χ0v) is 16.8. The van der Waals surface area contributed by atoms with Crippen LogP contribution in [0.15, 0.2) is 53.3 Å². The van der Waals surface area contributed by atoms with E-state index in [-0.39, 0.29) is 17.7 Å². The molecule has 0 radical (unpaired) electrons. The number of nitrogens with one attached hydrogen (secondary N) is 1. The first-order valence-corrected chi connectivity index (χ1v) is 9.94. The fraction of sp³-hybridized carbons (Fsp3) is 0.261. The Hall–Kier alpha value is -3.42. The quantitative estimate of drug-likeness (QED) is 0.681. The zero-order chi connectivity index (χ0) is 22.2. The molecule has 3 aromatic rings. The van der Waals surface area contributed by atoms with Gasteiger partial charge in [0, 0.05) is 24.1 Å². The number of amides is 1. The van der Waals surface area contributed by atoms with Gasteiger partial charge < -0.3 is 9.88 Å². The van der Waals surface area contributed by atoms with Crippen molar-refractivity contribution >= 4 is 5.91 Å². The average molecular weight is 427 g/mol. The average Bonchev–Trinajstić information content (AvgIpc) is 2.78. The fourth-order valence-electron chi connectivity index (χ4n) is 3.62. The summed E-state index contributed by atoms with van der Waals surface area (Å²) in [5.74, 6) is 0.0620. The van der Waals surface area contributed by atoms with Gasteiger partial charge >= 0.3 is 6.18 Å². The highest BCUT2D eigenvalue weighted by Gasteiger charge is 2.31. The van der Waals surface area contributed by atoms with Crippen molar-refractivity contribution in [1.29, 1.82) is 0 Å². The van der Waals surface area contributed by atoms with E-state index in [1.165, 1.54) is 10.5 Å². The lowest BCUT2D eigenvalue weighted by molar-refractivity contribution is -0.137. The molecule has 0 saturated heterocycles. The van der Waals surface area contributed by atoms with E-state index in [1.807, 2.05) is 24.3 Å². The predicted octanol–water partition coefficient (Wildman–Crippen LogP) is 4.22. The van der Waals surface area contributed by atoms with Gasteiger partial charge in [-0.2, -0.15) is 13.2 Å². The fourth-order valence-corrected chi connectivity index (χ4v) is 3.62. The number of aryl methyl sites for hydroxylation is 1. The van der Waals surface area contributed by atoms with Crippen molar-refractivity contribution in [3.63, 3.8) is 0 Å². The zero-order valence-electron chi connectivity index (χ0n) is 16.8. The molecule has 5 nitrogen and oxygen atoms in total. The first-order valence-electron chi connectivity index (χ1n) is 9.94. The number of benzene rings is 2. The third-order valence-corrected chi connectivity index (χ3v) is 5.45. The molecule has 2 aromatic carbocycles. The second-order valence-electron chi connectivity index (χ2n) is 7.44. The largest absolute Gasteiger partial charge is 0.416 e. The van der Waals surface area contributed by atoms with Crippen molar-refractivity contribution in [2.75, 3.05) is 6.54 Å². The molecule has 0 aliphatic carbocycles. The highest BCUT2D eigenvalue weighted by Crippen LogP contribution is 2.29. The number of alkyl halides is 3. The number of H-pyrrole nitrogens is 1. The number of carbonyl (C=O) groups excluding carboxylic acids is 1. The van der Waals surface area contributed by atoms with Crippen LogP contribution in [0.4, 0.5) is 13.2 Å². The molecule has 8 heteroatoms. The minimum absolute atomic E-state index is 0.0621. The number of fused-ring (bicyclic) bond motifs is 1. The standard InChI is InChI=1S/C23H20F3N3O2/c1-2-14-3-5-15(6-4-14)20-27-19-11-12-29(13-18(19)21(30)28-20)22(31)16-7-9-17(10-8-16)23(24,25)26/h3-10H,2,11-13H2,1H3,(H,27,28,30). The van der Waals surface area contributed by atoms with Gasteiger partial charge in [0.1, 0.15) is 5.82 Å². The van der Waals surface area contributed by atoms with Crippen LogP contribution in [0.2, 0.25) is 0 Å². The SMILES string of the molecule is CCc1ccc(-c2nc3c(c(=O)[nH]2)CN(C(=O)c2ccc(C(F)(F)F)cc2)CC3)cc1. The Balaban J connectivity index is 1.56. The van der Waals surface area contributed by atoms with Crippen molar-refractivity contribution in [2.45, 2.75) is 32.5 Å². The molecule has 1 aromatic heterocycles. The minimum atomic E-state index is -4.46. The van der Waals surface area contributed by atoms with Crippen LogP contribution in [-0.2, 0) is 25.6 Å². The molecular formula is C23H20F3N3O2. The normalized spacial score (nSPS) is 13.7. The van der Waals surface area contributed by atoms with Crippen LogP contribution >= 0.6 is 0 Å². The van der Waals surface area contributed by atoms with Gasteiger partial charge in [0.25, 0.3) is 11.5 Å². The van der Waals surface area contributed by atoms with E-state index in [1.54, 1.807) is 0 Å². The van der Waals surface area contributed by atoms with E-state index in [4.69, 9.17) is 0 Å². The van der Waals surface area contributed by atoms with E-state index in [2.05, 4.69) is 16.9 Å². The molecule has 0 bridgehead atoms. The van der Waals surface area contributed by atoms with Crippen molar-refractivity contribution in [3.05, 3.63) is 86.8 Å². The van der Waals surface area contributed by atoms with Crippen molar-refractivity contribution in [3.8, 4) is 11.4 Å². The molecule has 0 atom stereocenters. The molecular weight excluding hydrogens is 407 g/mol. The Morgan fingerprint density at radius 2 is 1.77 bits per heavy atom. The predicted molar refractivity (Wildman–Crippen MR) is 110 cm³/mol. The molecule has 0 saturated carbocycles. The lowest BCUT2D eigenvalue weighted by Crippen LogP contribution is -2.39.